The van der Waals surface area contributed by atoms with Crippen molar-refractivity contribution in [1.29, 1.82) is 0 Å². The summed E-state index contributed by atoms with van der Waals surface area (Å²) in [5, 5.41) is 19.9. The maximum Gasteiger partial charge on any atom is 0.326 e. The van der Waals surface area contributed by atoms with Crippen LogP contribution in [0.5, 0.6) is 0 Å². The van der Waals surface area contributed by atoms with Gasteiger partial charge in [0, 0.05) is 12.3 Å². The van der Waals surface area contributed by atoms with Gasteiger partial charge in [-0.25, -0.2) is 4.79 Å². The Bertz CT molecular complexity index is 910. The molecular weight excluding hydrogens is 552 g/mol. The van der Waals surface area contributed by atoms with Crippen LogP contribution in [-0.4, -0.2) is 83.2 Å². The molecule has 0 spiro atoms. The number of thiol groups is 1. The number of nitrogens with two attached hydrogens (primary N) is 3. The van der Waals surface area contributed by atoms with Crippen molar-refractivity contribution in [3.05, 3.63) is 0 Å². The molecule has 0 aromatic rings. The van der Waals surface area contributed by atoms with Gasteiger partial charge in [0.1, 0.15) is 24.2 Å². The van der Waals surface area contributed by atoms with E-state index in [2.05, 4.69) is 38.9 Å². The van der Waals surface area contributed by atoms with Crippen LogP contribution in [0.2, 0.25) is 0 Å². The standard InChI is InChI=1S/C26H50N8O6S/c1-13(2)10-17(22(36)32-18(25(39)40)11-14(3)4)31-24(38)20(15(5)6)34-23(37)19(12-41)33-21(35)16(27)8-7-9-30-26(28)29/h13-20,41H,7-12,27H2,1-6H3,(H,31,38)(H,32,36)(H,33,35)(H,34,37)(H,39,40)(H4,28,29,30)/t16-,17-,18-,19-,20-/m0/s1. The fourth-order valence-electron chi connectivity index (χ4n) is 3.84. The third kappa shape index (κ3) is 15.5. The third-order valence-corrected chi connectivity index (χ3v) is 6.39. The topological polar surface area (TPSA) is 244 Å². The zero-order chi connectivity index (χ0) is 31.9. The molecule has 0 radical (unpaired) electrons. The molecule has 0 aromatic heterocycles. The van der Waals surface area contributed by atoms with Gasteiger partial charge in [-0.1, -0.05) is 41.5 Å². The van der Waals surface area contributed by atoms with E-state index in [0.29, 0.717) is 13.0 Å². The second-order valence-electron chi connectivity index (χ2n) is 11.2. The first kappa shape index (κ1) is 37.9. The summed E-state index contributed by atoms with van der Waals surface area (Å²) >= 11 is 4.16. The van der Waals surface area contributed by atoms with E-state index in [-0.39, 0.29) is 48.7 Å². The van der Waals surface area contributed by atoms with Gasteiger partial charge in [-0.2, -0.15) is 12.6 Å². The number of guanidine groups is 1. The molecule has 0 bridgehead atoms. The number of amides is 4. The molecule has 15 heteroatoms. The van der Waals surface area contributed by atoms with Crippen LogP contribution in [0.25, 0.3) is 0 Å². The van der Waals surface area contributed by atoms with E-state index in [4.69, 9.17) is 17.2 Å². The highest BCUT2D eigenvalue weighted by Crippen LogP contribution is 2.11. The fraction of sp³-hybridized carbons (Fsp3) is 0.769. The van der Waals surface area contributed by atoms with Gasteiger partial charge in [0.2, 0.25) is 23.6 Å². The molecule has 0 saturated heterocycles. The molecule has 14 nitrogen and oxygen atoms in total. The molecule has 0 rings (SSSR count). The minimum Gasteiger partial charge on any atom is -0.480 e. The Balaban J connectivity index is 5.47. The van der Waals surface area contributed by atoms with Crippen molar-refractivity contribution >= 4 is 48.2 Å². The number of hydrogen-bond donors (Lipinski definition) is 9. The van der Waals surface area contributed by atoms with Crippen molar-refractivity contribution in [2.75, 3.05) is 12.3 Å². The van der Waals surface area contributed by atoms with Crippen LogP contribution in [0.4, 0.5) is 0 Å². The first-order chi connectivity index (χ1) is 19.0. The molecule has 11 N–H and O–H groups in total. The van der Waals surface area contributed by atoms with E-state index < -0.39 is 59.8 Å². The summed E-state index contributed by atoms with van der Waals surface area (Å²) in [7, 11) is 0. The van der Waals surface area contributed by atoms with Gasteiger partial charge in [0.15, 0.2) is 5.96 Å². The summed E-state index contributed by atoms with van der Waals surface area (Å²) in [6, 6.07) is -5.17. The smallest absolute Gasteiger partial charge is 0.326 e. The van der Waals surface area contributed by atoms with Crippen molar-refractivity contribution in [1.82, 2.24) is 21.3 Å². The first-order valence-electron chi connectivity index (χ1n) is 13.9. The van der Waals surface area contributed by atoms with Gasteiger partial charge < -0.3 is 43.6 Å². The number of carboxylic acids is 1. The molecule has 236 valence electrons. The molecule has 0 aromatic carbocycles. The summed E-state index contributed by atoms with van der Waals surface area (Å²) in [6.07, 6.45) is 1.21. The number of aliphatic imine (C=N–C) groups is 1. The number of nitrogens with one attached hydrogen (secondary N) is 4. The normalized spacial score (nSPS) is 14.9. The monoisotopic (exact) mass is 602 g/mol. The minimum atomic E-state index is -1.16. The zero-order valence-corrected chi connectivity index (χ0v) is 25.9. The summed E-state index contributed by atoms with van der Waals surface area (Å²) in [5.41, 5.74) is 16.5. The van der Waals surface area contributed by atoms with Crippen LogP contribution in [0, 0.1) is 17.8 Å². The van der Waals surface area contributed by atoms with Gasteiger partial charge in [-0.05, 0) is 43.4 Å². The molecule has 0 aliphatic rings. The molecule has 0 fully saturated rings. The molecule has 4 amide bonds. The van der Waals surface area contributed by atoms with Gasteiger partial charge in [-0.3, -0.25) is 24.2 Å². The lowest BCUT2D eigenvalue weighted by molar-refractivity contribution is -0.143. The predicted octanol–water partition coefficient (Wildman–Crippen LogP) is -0.931. The number of nitrogens with zero attached hydrogens (tertiary/aromatic N) is 1. The van der Waals surface area contributed by atoms with Crippen LogP contribution in [0.15, 0.2) is 4.99 Å². The highest BCUT2D eigenvalue weighted by atomic mass is 32.1. The summed E-state index contributed by atoms with van der Waals surface area (Å²) in [4.78, 5) is 67.3. The highest BCUT2D eigenvalue weighted by molar-refractivity contribution is 7.80. The van der Waals surface area contributed by atoms with Crippen LogP contribution in [0.3, 0.4) is 0 Å². The molecule has 0 aliphatic carbocycles. The molecule has 0 heterocycles. The molecule has 5 atom stereocenters. The number of carbonyl (C=O) groups is 5. The Kier molecular flexibility index (Phi) is 17.7. The quantitative estimate of drug-likeness (QED) is 0.0383. The van der Waals surface area contributed by atoms with E-state index >= 15 is 0 Å². The fourth-order valence-corrected chi connectivity index (χ4v) is 4.10. The largest absolute Gasteiger partial charge is 0.480 e. The number of carbonyl (C=O) groups excluding carboxylic acids is 4. The summed E-state index contributed by atoms with van der Waals surface area (Å²) in [5.74, 6) is -4.12. The van der Waals surface area contributed by atoms with Crippen LogP contribution < -0.4 is 38.5 Å². The third-order valence-electron chi connectivity index (χ3n) is 6.03. The number of hydrogen-bond acceptors (Lipinski definition) is 8. The lowest BCUT2D eigenvalue weighted by atomic mass is 9.98. The number of rotatable bonds is 19. The molecular formula is C26H50N8O6S. The van der Waals surface area contributed by atoms with Crippen molar-refractivity contribution < 1.29 is 29.1 Å². The van der Waals surface area contributed by atoms with E-state index in [9.17, 15) is 29.1 Å². The van der Waals surface area contributed by atoms with Crippen LogP contribution >= 0.6 is 12.6 Å². The Morgan fingerprint density at radius 3 is 1.71 bits per heavy atom. The average molecular weight is 603 g/mol. The molecule has 41 heavy (non-hydrogen) atoms. The summed E-state index contributed by atoms with van der Waals surface area (Å²) < 4.78 is 0. The Hall–Kier alpha value is -3.07. The van der Waals surface area contributed by atoms with Gasteiger partial charge in [-0.15, -0.1) is 0 Å². The van der Waals surface area contributed by atoms with Gasteiger partial charge in [0.25, 0.3) is 0 Å². The number of carboxylic acid groups (broad SMARTS) is 1. The van der Waals surface area contributed by atoms with Crippen LogP contribution in [0.1, 0.15) is 67.2 Å². The van der Waals surface area contributed by atoms with Crippen LogP contribution in [-0.2, 0) is 24.0 Å². The predicted molar refractivity (Wildman–Crippen MR) is 161 cm³/mol. The van der Waals surface area contributed by atoms with Gasteiger partial charge in [0.05, 0.1) is 6.04 Å². The first-order valence-corrected chi connectivity index (χ1v) is 14.5. The summed E-state index contributed by atoms with van der Waals surface area (Å²) in [6.45, 7) is 11.1. The number of aliphatic carboxylic acids is 1. The van der Waals surface area contributed by atoms with E-state index in [1.165, 1.54) is 0 Å². The molecule has 0 saturated carbocycles. The maximum absolute atomic E-state index is 13.3. The van der Waals surface area contributed by atoms with Crippen molar-refractivity contribution in [3.63, 3.8) is 0 Å². The molecule has 0 aliphatic heterocycles. The lowest BCUT2D eigenvalue weighted by Gasteiger charge is -2.28. The lowest BCUT2D eigenvalue weighted by Crippen LogP contribution is -2.60. The van der Waals surface area contributed by atoms with Crippen molar-refractivity contribution in [2.24, 2.45) is 39.9 Å². The minimum absolute atomic E-state index is 0.000956. The zero-order valence-electron chi connectivity index (χ0n) is 25.0. The van der Waals surface area contributed by atoms with E-state index in [1.807, 2.05) is 27.7 Å². The average Bonchev–Trinajstić information content (AvgIpc) is 2.85. The Morgan fingerprint density at radius 1 is 0.756 bits per heavy atom. The maximum atomic E-state index is 13.3. The van der Waals surface area contributed by atoms with Crippen molar-refractivity contribution in [2.45, 2.75) is 97.4 Å². The molecule has 0 unspecified atom stereocenters. The highest BCUT2D eigenvalue weighted by Gasteiger charge is 2.33. The SMILES string of the molecule is CC(C)C[C@H](NC(=O)[C@H](CC(C)C)NC(=O)[C@@H](NC(=O)[C@H](CS)NC(=O)[C@@H](N)CCCN=C(N)N)C(C)C)C(=O)O. The Labute approximate surface area is 248 Å². The van der Waals surface area contributed by atoms with Crippen molar-refractivity contribution in [3.8, 4) is 0 Å². The van der Waals surface area contributed by atoms with E-state index in [0.717, 1.165) is 0 Å². The van der Waals surface area contributed by atoms with Gasteiger partial charge >= 0.3 is 5.97 Å². The second-order valence-corrected chi connectivity index (χ2v) is 11.6. The van der Waals surface area contributed by atoms with E-state index in [1.54, 1.807) is 13.8 Å². The Morgan fingerprint density at radius 2 is 1.24 bits per heavy atom. The second kappa shape index (κ2) is 19.1.